The summed E-state index contributed by atoms with van der Waals surface area (Å²) in [4.78, 5) is 24.0. The lowest BCUT2D eigenvalue weighted by atomic mass is 9.99. The summed E-state index contributed by atoms with van der Waals surface area (Å²) in [5, 5.41) is 17.1. The molecule has 2 aromatic rings. The minimum Gasteiger partial charge on any atom is -0.479 e. The number of aryl methyl sites for hydroxylation is 1. The SMILES string of the molecule is Cn1nc(C(=O)NC2(C(=O)O)CCSC2)c2ccccc21. The van der Waals surface area contributed by atoms with Crippen molar-refractivity contribution in [3.63, 3.8) is 0 Å². The predicted octanol–water partition coefficient (Wildman–Crippen LogP) is 1.26. The molecule has 1 aromatic heterocycles. The number of aliphatic carboxylic acids is 1. The fourth-order valence-electron chi connectivity index (χ4n) is 2.54. The van der Waals surface area contributed by atoms with E-state index in [4.69, 9.17) is 0 Å². The van der Waals surface area contributed by atoms with E-state index in [9.17, 15) is 14.7 Å². The van der Waals surface area contributed by atoms with Gasteiger partial charge >= 0.3 is 5.97 Å². The first-order valence-electron chi connectivity index (χ1n) is 6.59. The van der Waals surface area contributed by atoms with Gasteiger partial charge in [-0.25, -0.2) is 4.79 Å². The quantitative estimate of drug-likeness (QED) is 0.892. The molecule has 6 nitrogen and oxygen atoms in total. The van der Waals surface area contributed by atoms with Crippen LogP contribution in [0.25, 0.3) is 10.9 Å². The second-order valence-electron chi connectivity index (χ2n) is 5.13. The van der Waals surface area contributed by atoms with Crippen molar-refractivity contribution >= 4 is 34.5 Å². The molecule has 0 aliphatic carbocycles. The highest BCUT2D eigenvalue weighted by Gasteiger charge is 2.43. The van der Waals surface area contributed by atoms with Gasteiger partial charge in [-0.05, 0) is 18.2 Å². The molecule has 1 aromatic carbocycles. The number of carboxylic acids is 1. The van der Waals surface area contributed by atoms with Crippen LogP contribution in [0.2, 0.25) is 0 Å². The number of fused-ring (bicyclic) bond motifs is 1. The van der Waals surface area contributed by atoms with Crippen molar-refractivity contribution in [2.24, 2.45) is 7.05 Å². The van der Waals surface area contributed by atoms with Gasteiger partial charge in [0.25, 0.3) is 5.91 Å². The Hall–Kier alpha value is -2.02. The summed E-state index contributed by atoms with van der Waals surface area (Å²) in [6, 6.07) is 7.39. The molecule has 1 amide bonds. The summed E-state index contributed by atoms with van der Waals surface area (Å²) in [5.41, 5.74) is -0.0705. The maximum atomic E-state index is 12.5. The second-order valence-corrected chi connectivity index (χ2v) is 6.24. The number of nitrogens with one attached hydrogen (secondary N) is 1. The Morgan fingerprint density at radius 2 is 2.19 bits per heavy atom. The number of amides is 1. The van der Waals surface area contributed by atoms with Crippen LogP contribution in [0.1, 0.15) is 16.9 Å². The van der Waals surface area contributed by atoms with E-state index in [0.29, 0.717) is 12.2 Å². The Balaban J connectivity index is 1.96. The van der Waals surface area contributed by atoms with Gasteiger partial charge in [-0.3, -0.25) is 9.48 Å². The molecule has 7 heteroatoms. The van der Waals surface area contributed by atoms with Crippen molar-refractivity contribution in [2.45, 2.75) is 12.0 Å². The first-order valence-corrected chi connectivity index (χ1v) is 7.74. The molecule has 2 N–H and O–H groups in total. The van der Waals surface area contributed by atoms with Gasteiger partial charge < -0.3 is 10.4 Å². The van der Waals surface area contributed by atoms with E-state index in [1.165, 1.54) is 11.8 Å². The Bertz CT molecular complexity index is 719. The van der Waals surface area contributed by atoms with Gasteiger partial charge in [-0.1, -0.05) is 18.2 Å². The summed E-state index contributed by atoms with van der Waals surface area (Å²) < 4.78 is 1.63. The van der Waals surface area contributed by atoms with Gasteiger partial charge in [-0.15, -0.1) is 0 Å². The first kappa shape index (κ1) is 13.9. The van der Waals surface area contributed by atoms with Crippen molar-refractivity contribution in [2.75, 3.05) is 11.5 Å². The molecule has 1 fully saturated rings. The molecule has 1 aliphatic rings. The van der Waals surface area contributed by atoms with E-state index < -0.39 is 17.4 Å². The molecule has 0 spiro atoms. The zero-order chi connectivity index (χ0) is 15.0. The number of hydrogen-bond acceptors (Lipinski definition) is 4. The lowest BCUT2D eigenvalue weighted by molar-refractivity contribution is -0.143. The molecule has 0 bridgehead atoms. The van der Waals surface area contributed by atoms with Crippen LogP contribution in [-0.2, 0) is 11.8 Å². The van der Waals surface area contributed by atoms with Crippen LogP contribution in [0.3, 0.4) is 0 Å². The smallest absolute Gasteiger partial charge is 0.330 e. The summed E-state index contributed by atoms with van der Waals surface area (Å²) >= 11 is 1.53. The van der Waals surface area contributed by atoms with E-state index in [1.807, 2.05) is 24.3 Å². The molecule has 21 heavy (non-hydrogen) atoms. The van der Waals surface area contributed by atoms with Gasteiger partial charge in [0, 0.05) is 18.2 Å². The third-order valence-electron chi connectivity index (χ3n) is 3.76. The van der Waals surface area contributed by atoms with E-state index >= 15 is 0 Å². The van der Waals surface area contributed by atoms with Crippen LogP contribution in [0.4, 0.5) is 0 Å². The maximum Gasteiger partial charge on any atom is 0.330 e. The molecule has 2 heterocycles. The fraction of sp³-hybridized carbons (Fsp3) is 0.357. The highest BCUT2D eigenvalue weighted by Crippen LogP contribution is 2.29. The molecule has 110 valence electrons. The van der Waals surface area contributed by atoms with Gasteiger partial charge in [-0.2, -0.15) is 16.9 Å². The molecular weight excluding hydrogens is 290 g/mol. The summed E-state index contributed by atoms with van der Waals surface area (Å²) in [6.07, 6.45) is 0.434. The minimum atomic E-state index is -1.18. The Kier molecular flexibility index (Phi) is 3.36. The monoisotopic (exact) mass is 305 g/mol. The second kappa shape index (κ2) is 5.07. The number of thioether (sulfide) groups is 1. The summed E-state index contributed by atoms with van der Waals surface area (Å²) in [6.45, 7) is 0. The topological polar surface area (TPSA) is 84.2 Å². The summed E-state index contributed by atoms with van der Waals surface area (Å²) in [7, 11) is 1.76. The number of benzene rings is 1. The van der Waals surface area contributed by atoms with Crippen molar-refractivity contribution < 1.29 is 14.7 Å². The van der Waals surface area contributed by atoms with Crippen LogP contribution < -0.4 is 5.32 Å². The van der Waals surface area contributed by atoms with Crippen molar-refractivity contribution in [1.29, 1.82) is 0 Å². The maximum absolute atomic E-state index is 12.5. The van der Waals surface area contributed by atoms with Gasteiger partial charge in [0.15, 0.2) is 5.69 Å². The van der Waals surface area contributed by atoms with Crippen LogP contribution >= 0.6 is 11.8 Å². The Labute approximate surface area is 125 Å². The molecule has 3 rings (SSSR count). The minimum absolute atomic E-state index is 0.269. The predicted molar refractivity (Wildman–Crippen MR) is 80.5 cm³/mol. The molecule has 1 aliphatic heterocycles. The number of carbonyl (C=O) groups excluding carboxylic acids is 1. The van der Waals surface area contributed by atoms with Crippen molar-refractivity contribution in [3.05, 3.63) is 30.0 Å². The van der Waals surface area contributed by atoms with Gasteiger partial charge in [0.1, 0.15) is 5.54 Å². The van der Waals surface area contributed by atoms with Crippen LogP contribution in [-0.4, -0.2) is 43.8 Å². The first-order chi connectivity index (χ1) is 10.0. The van der Waals surface area contributed by atoms with E-state index in [0.717, 1.165) is 16.7 Å². The molecule has 1 unspecified atom stereocenters. The number of carboxylic acid groups (broad SMARTS) is 1. The van der Waals surface area contributed by atoms with Crippen LogP contribution in [0.5, 0.6) is 0 Å². The molecule has 1 saturated heterocycles. The standard InChI is InChI=1S/C14H15N3O3S/c1-17-10-5-3-2-4-9(10)11(16-17)12(18)15-14(13(19)20)6-7-21-8-14/h2-5H,6-8H2,1H3,(H,15,18)(H,19,20). The molecule has 0 radical (unpaired) electrons. The highest BCUT2D eigenvalue weighted by atomic mass is 32.2. The van der Waals surface area contributed by atoms with E-state index in [2.05, 4.69) is 10.4 Å². The number of para-hydroxylation sites is 1. The Morgan fingerprint density at radius 1 is 1.43 bits per heavy atom. The number of hydrogen-bond donors (Lipinski definition) is 2. The summed E-state index contributed by atoms with van der Waals surface area (Å²) in [5.74, 6) is -0.299. The average molecular weight is 305 g/mol. The van der Waals surface area contributed by atoms with Crippen LogP contribution in [0, 0.1) is 0 Å². The highest BCUT2D eigenvalue weighted by molar-refractivity contribution is 7.99. The van der Waals surface area contributed by atoms with Gasteiger partial charge in [0.05, 0.1) is 5.52 Å². The Morgan fingerprint density at radius 3 is 2.86 bits per heavy atom. The van der Waals surface area contributed by atoms with Gasteiger partial charge in [0.2, 0.25) is 0 Å². The number of nitrogens with zero attached hydrogens (tertiary/aromatic N) is 2. The number of carbonyl (C=O) groups is 2. The van der Waals surface area contributed by atoms with Crippen molar-refractivity contribution in [3.8, 4) is 0 Å². The molecule has 0 saturated carbocycles. The lowest BCUT2D eigenvalue weighted by Gasteiger charge is -2.24. The number of rotatable bonds is 3. The number of aromatic nitrogens is 2. The average Bonchev–Trinajstić information content (AvgIpc) is 3.06. The normalized spacial score (nSPS) is 21.6. The third kappa shape index (κ3) is 2.27. The van der Waals surface area contributed by atoms with Crippen LogP contribution in [0.15, 0.2) is 24.3 Å². The third-order valence-corrected chi connectivity index (χ3v) is 4.95. The zero-order valence-corrected chi connectivity index (χ0v) is 12.3. The zero-order valence-electron chi connectivity index (χ0n) is 11.5. The largest absolute Gasteiger partial charge is 0.479 e. The van der Waals surface area contributed by atoms with E-state index in [1.54, 1.807) is 11.7 Å². The van der Waals surface area contributed by atoms with E-state index in [-0.39, 0.29) is 5.69 Å². The molecule has 1 atom stereocenters. The van der Waals surface area contributed by atoms with Crippen molar-refractivity contribution in [1.82, 2.24) is 15.1 Å². The molecular formula is C14H15N3O3S. The lowest BCUT2D eigenvalue weighted by Crippen LogP contribution is -2.54. The fourth-order valence-corrected chi connectivity index (χ4v) is 3.87.